The number of methoxy groups -OCH3 is 1. The standard InChI is InChI=1S/C16H24N4.C11H14O2.C6H8N2.2C2H6/c1-5-7-12-13(10-17)14(18)8-9-15(12)20-16(19-4)11(3)6-2;1-3-4-9-5-6-10(8-12)11(7-9)13-2;1-2-6-3-7-5-8-4-6;2*1-2/h6,8-10,17H,5,7,18H2,1-4H3,(H,19,20);5-8H,3-4H2,1-2H3;3-5H,2H2,1H3;2*1-2H3/b11-6-,17-10?;;;;. The summed E-state index contributed by atoms with van der Waals surface area (Å²) in [6.45, 7) is 18.3. The quantitative estimate of drug-likeness (QED) is 0.0900. The Balaban J connectivity index is 0. The van der Waals surface area contributed by atoms with Gasteiger partial charge in [0.15, 0.2) is 6.29 Å². The number of nitrogens with zero attached hydrogens (tertiary/aromatic N) is 3. The predicted octanol–water partition coefficient (Wildman–Crippen LogP) is 9.18. The summed E-state index contributed by atoms with van der Waals surface area (Å²) in [5.74, 6) is 1.51. The van der Waals surface area contributed by atoms with Crippen LogP contribution in [-0.2, 0) is 19.3 Å². The van der Waals surface area contributed by atoms with E-state index in [9.17, 15) is 4.79 Å². The number of rotatable bonds is 10. The Hall–Kier alpha value is -4.33. The van der Waals surface area contributed by atoms with Crippen LogP contribution in [0.3, 0.4) is 0 Å². The molecule has 8 nitrogen and oxygen atoms in total. The van der Waals surface area contributed by atoms with Crippen molar-refractivity contribution in [3.63, 3.8) is 0 Å². The average molecular weight is 619 g/mol. The lowest BCUT2D eigenvalue weighted by Gasteiger charge is -2.17. The molecule has 0 aliphatic rings. The Bertz CT molecular complexity index is 1290. The van der Waals surface area contributed by atoms with Crippen LogP contribution in [0.1, 0.15) is 108 Å². The molecule has 0 fully saturated rings. The molecule has 3 aromatic rings. The van der Waals surface area contributed by atoms with Gasteiger partial charge in [0, 0.05) is 42.6 Å². The van der Waals surface area contributed by atoms with Gasteiger partial charge >= 0.3 is 0 Å². The molecular weight excluding hydrogens is 560 g/mol. The molecule has 3 rings (SSSR count). The number of allylic oxidation sites excluding steroid dienone is 1. The normalized spacial score (nSPS) is 10.2. The molecule has 4 N–H and O–H groups in total. The third kappa shape index (κ3) is 15.8. The lowest BCUT2D eigenvalue weighted by Crippen LogP contribution is -2.16. The molecule has 0 saturated carbocycles. The molecule has 8 heteroatoms. The number of aldehydes is 1. The molecule has 0 atom stereocenters. The van der Waals surface area contributed by atoms with Crippen molar-refractivity contribution in [2.75, 3.05) is 25.2 Å². The molecule has 45 heavy (non-hydrogen) atoms. The number of nitrogen functional groups attached to an aromatic ring is 1. The highest BCUT2D eigenvalue weighted by Crippen LogP contribution is 2.26. The molecule has 0 bridgehead atoms. The maximum Gasteiger partial charge on any atom is 0.153 e. The minimum Gasteiger partial charge on any atom is -0.496 e. The summed E-state index contributed by atoms with van der Waals surface area (Å²) in [6, 6.07) is 9.49. The van der Waals surface area contributed by atoms with Crippen LogP contribution >= 0.6 is 0 Å². The molecule has 1 aromatic heterocycles. The SMILES string of the molecule is C/C=C(/C)C(=NC)Nc1ccc(N)c(C=N)c1CCC.CC.CC.CCCc1ccc(C=O)c(OC)c1.CCc1cncnc1. The van der Waals surface area contributed by atoms with Crippen molar-refractivity contribution in [1.29, 1.82) is 5.41 Å². The van der Waals surface area contributed by atoms with E-state index >= 15 is 0 Å². The van der Waals surface area contributed by atoms with E-state index in [-0.39, 0.29) is 0 Å². The fraction of sp³-hybridized carbons (Fsp3) is 0.432. The second-order valence-corrected chi connectivity index (χ2v) is 9.20. The first-order chi connectivity index (χ1) is 21.8. The zero-order valence-electron chi connectivity index (χ0n) is 29.6. The van der Waals surface area contributed by atoms with Gasteiger partial charge in [-0.1, -0.05) is 73.5 Å². The van der Waals surface area contributed by atoms with E-state index in [4.69, 9.17) is 15.9 Å². The number of hydrogen-bond donors (Lipinski definition) is 3. The fourth-order valence-corrected chi connectivity index (χ4v) is 3.89. The lowest BCUT2D eigenvalue weighted by molar-refractivity contribution is 0.112. The molecule has 0 aliphatic heterocycles. The first-order valence-corrected chi connectivity index (χ1v) is 16.0. The van der Waals surface area contributed by atoms with Crippen LogP contribution in [0.4, 0.5) is 11.4 Å². The van der Waals surface area contributed by atoms with Gasteiger partial charge in [-0.3, -0.25) is 9.79 Å². The van der Waals surface area contributed by atoms with Crippen LogP contribution in [0, 0.1) is 5.41 Å². The Morgan fingerprint density at radius 2 is 1.62 bits per heavy atom. The van der Waals surface area contributed by atoms with Crippen LogP contribution < -0.4 is 15.8 Å². The second kappa shape index (κ2) is 27.2. The van der Waals surface area contributed by atoms with Gasteiger partial charge in [0.05, 0.1) is 12.7 Å². The highest BCUT2D eigenvalue weighted by Gasteiger charge is 2.11. The van der Waals surface area contributed by atoms with Crippen LogP contribution in [0.2, 0.25) is 0 Å². The number of aliphatic imine (C=N–C) groups is 1. The molecule has 248 valence electrons. The monoisotopic (exact) mass is 618 g/mol. The first-order valence-electron chi connectivity index (χ1n) is 16.0. The second-order valence-electron chi connectivity index (χ2n) is 9.20. The Kier molecular flexibility index (Phi) is 25.9. The van der Waals surface area contributed by atoms with Gasteiger partial charge in [0.2, 0.25) is 0 Å². The molecule has 2 aromatic carbocycles. The van der Waals surface area contributed by atoms with Gasteiger partial charge in [0.1, 0.15) is 17.9 Å². The van der Waals surface area contributed by atoms with E-state index in [0.717, 1.165) is 66.6 Å². The van der Waals surface area contributed by atoms with Crippen LogP contribution in [0.5, 0.6) is 5.75 Å². The summed E-state index contributed by atoms with van der Waals surface area (Å²) in [5.41, 5.74) is 13.6. The number of hydrogen-bond acceptors (Lipinski definition) is 7. The van der Waals surface area contributed by atoms with Gasteiger partial charge in [-0.15, -0.1) is 0 Å². The Labute approximate surface area is 273 Å². The molecule has 0 amide bonds. The maximum atomic E-state index is 10.6. The van der Waals surface area contributed by atoms with Gasteiger partial charge in [0.25, 0.3) is 0 Å². The van der Waals surface area contributed by atoms with E-state index in [2.05, 4.69) is 41.0 Å². The van der Waals surface area contributed by atoms with Gasteiger partial charge in [-0.25, -0.2) is 9.97 Å². The van der Waals surface area contributed by atoms with Crippen molar-refractivity contribution in [1.82, 2.24) is 9.97 Å². The molecule has 0 radical (unpaired) electrons. The zero-order valence-corrected chi connectivity index (χ0v) is 29.6. The van der Waals surface area contributed by atoms with E-state index in [1.807, 2.05) is 84.3 Å². The largest absolute Gasteiger partial charge is 0.496 e. The zero-order chi connectivity index (χ0) is 34.6. The van der Waals surface area contributed by atoms with Crippen LogP contribution in [0.25, 0.3) is 0 Å². The molecule has 0 spiro atoms. The number of aromatic nitrogens is 2. The van der Waals surface area contributed by atoms with Crippen molar-refractivity contribution in [3.8, 4) is 5.75 Å². The summed E-state index contributed by atoms with van der Waals surface area (Å²) in [5, 5.41) is 10.9. The maximum absolute atomic E-state index is 10.6. The van der Waals surface area contributed by atoms with Crippen molar-refractivity contribution >= 4 is 29.7 Å². The van der Waals surface area contributed by atoms with Gasteiger partial charge in [-0.05, 0) is 79.6 Å². The van der Waals surface area contributed by atoms with Crippen molar-refractivity contribution in [2.45, 2.75) is 94.4 Å². The summed E-state index contributed by atoms with van der Waals surface area (Å²) in [7, 11) is 3.35. The number of nitrogens with one attached hydrogen (secondary N) is 2. The summed E-state index contributed by atoms with van der Waals surface area (Å²) >= 11 is 0. The van der Waals surface area contributed by atoms with Crippen LogP contribution in [-0.4, -0.2) is 42.5 Å². The van der Waals surface area contributed by atoms with Crippen molar-refractivity contribution in [2.24, 2.45) is 4.99 Å². The van der Waals surface area contributed by atoms with Gasteiger partial charge < -0.3 is 21.2 Å². The number of nitrogens with two attached hydrogens (primary N) is 1. The molecular formula is C37H58N6O2. The molecule has 0 saturated heterocycles. The first kappa shape index (κ1) is 42.8. The number of benzene rings is 2. The number of aryl methyl sites for hydroxylation is 2. The minimum atomic E-state index is 0.613. The third-order valence-corrected chi connectivity index (χ3v) is 6.30. The average Bonchev–Trinajstić information content (AvgIpc) is 3.10. The summed E-state index contributed by atoms with van der Waals surface area (Å²) in [4.78, 5) is 22.5. The number of ether oxygens (including phenoxy) is 1. The molecule has 0 aliphatic carbocycles. The number of amidine groups is 1. The number of carbonyl (C=O) groups excluding carboxylic acids is 1. The molecule has 1 heterocycles. The highest BCUT2D eigenvalue weighted by atomic mass is 16.5. The summed E-state index contributed by atoms with van der Waals surface area (Å²) in [6.07, 6.45) is 14.4. The Morgan fingerprint density at radius 3 is 2.07 bits per heavy atom. The number of anilines is 2. The van der Waals surface area contributed by atoms with E-state index in [1.54, 1.807) is 26.6 Å². The van der Waals surface area contributed by atoms with Crippen molar-refractivity contribution < 1.29 is 9.53 Å². The predicted molar refractivity (Wildman–Crippen MR) is 196 cm³/mol. The van der Waals surface area contributed by atoms with E-state index in [0.29, 0.717) is 17.0 Å². The highest BCUT2D eigenvalue weighted by molar-refractivity contribution is 6.08. The lowest BCUT2D eigenvalue weighted by atomic mass is 9.99. The van der Waals surface area contributed by atoms with Gasteiger partial charge in [-0.2, -0.15) is 0 Å². The fourth-order valence-electron chi connectivity index (χ4n) is 3.89. The van der Waals surface area contributed by atoms with E-state index < -0.39 is 0 Å². The van der Waals surface area contributed by atoms with E-state index in [1.165, 1.54) is 17.3 Å². The Morgan fingerprint density at radius 1 is 1.00 bits per heavy atom. The molecule has 0 unspecified atom stereocenters. The topological polar surface area (TPSA) is 126 Å². The smallest absolute Gasteiger partial charge is 0.153 e. The third-order valence-electron chi connectivity index (χ3n) is 6.30. The summed E-state index contributed by atoms with van der Waals surface area (Å²) < 4.78 is 5.09. The minimum absolute atomic E-state index is 0.613. The van der Waals surface area contributed by atoms with Crippen LogP contribution in [0.15, 0.2) is 65.7 Å². The van der Waals surface area contributed by atoms with Crippen molar-refractivity contribution in [3.05, 3.63) is 88.5 Å². The number of carbonyl (C=O) groups is 1.